The van der Waals surface area contributed by atoms with Crippen LogP contribution < -0.4 is 15.0 Å². The first-order valence-corrected chi connectivity index (χ1v) is 12.6. The SMILES string of the molecule is COc1cc(-n2cnc3cc(-c4ccc(Cl)cc4)sc3c2=O)ccc1OCC(C)(C)OC(=O)CC(C)=O. The van der Waals surface area contributed by atoms with Crippen LogP contribution in [0.25, 0.3) is 26.3 Å². The van der Waals surface area contributed by atoms with Crippen LogP contribution in [0.5, 0.6) is 11.5 Å². The first-order chi connectivity index (χ1) is 17.6. The van der Waals surface area contributed by atoms with E-state index in [-0.39, 0.29) is 24.4 Å². The van der Waals surface area contributed by atoms with Crippen molar-refractivity contribution in [2.75, 3.05) is 13.7 Å². The second-order valence-electron chi connectivity index (χ2n) is 8.99. The van der Waals surface area contributed by atoms with Crippen molar-refractivity contribution in [2.24, 2.45) is 0 Å². The number of Topliss-reactive ketones (excluding diaryl/α,β-unsaturated/α-hetero) is 1. The van der Waals surface area contributed by atoms with Gasteiger partial charge in [0.15, 0.2) is 11.5 Å². The zero-order valence-corrected chi connectivity index (χ0v) is 22.3. The number of methoxy groups -OCH3 is 1. The molecule has 0 saturated carbocycles. The topological polar surface area (TPSA) is 96.7 Å². The number of ketones is 1. The zero-order valence-electron chi connectivity index (χ0n) is 20.7. The zero-order chi connectivity index (χ0) is 26.7. The molecule has 2 heterocycles. The maximum Gasteiger partial charge on any atom is 0.313 e. The van der Waals surface area contributed by atoms with Gasteiger partial charge >= 0.3 is 5.97 Å². The van der Waals surface area contributed by atoms with Crippen LogP contribution in [-0.2, 0) is 14.3 Å². The van der Waals surface area contributed by atoms with E-state index in [9.17, 15) is 14.4 Å². The fourth-order valence-corrected chi connectivity index (χ4v) is 4.78. The number of hydrogen-bond donors (Lipinski definition) is 0. The molecule has 0 unspecified atom stereocenters. The molecule has 0 bridgehead atoms. The number of hydrogen-bond acceptors (Lipinski definition) is 8. The third-order valence-electron chi connectivity index (χ3n) is 5.35. The molecule has 0 spiro atoms. The van der Waals surface area contributed by atoms with Crippen LogP contribution in [-0.4, -0.2) is 40.6 Å². The molecule has 0 fully saturated rings. The van der Waals surface area contributed by atoms with Crippen molar-refractivity contribution in [2.45, 2.75) is 32.8 Å². The second-order valence-corrected chi connectivity index (χ2v) is 10.5. The lowest BCUT2D eigenvalue weighted by atomic mass is 10.1. The number of benzene rings is 2. The number of carbonyl (C=O) groups excluding carboxylic acids is 2. The van der Waals surface area contributed by atoms with Gasteiger partial charge in [-0.2, -0.15) is 0 Å². The molecule has 0 aliphatic carbocycles. The summed E-state index contributed by atoms with van der Waals surface area (Å²) >= 11 is 7.36. The summed E-state index contributed by atoms with van der Waals surface area (Å²) in [5.41, 5.74) is 0.950. The third kappa shape index (κ3) is 6.18. The molecule has 37 heavy (non-hydrogen) atoms. The average Bonchev–Trinajstić information content (AvgIpc) is 3.28. The Hall–Kier alpha value is -3.69. The highest BCUT2D eigenvalue weighted by Crippen LogP contribution is 2.33. The van der Waals surface area contributed by atoms with E-state index in [1.54, 1.807) is 44.2 Å². The Balaban J connectivity index is 1.57. The molecule has 0 saturated heterocycles. The van der Waals surface area contributed by atoms with Gasteiger partial charge in [0.05, 0.1) is 18.3 Å². The summed E-state index contributed by atoms with van der Waals surface area (Å²) in [6.45, 7) is 4.73. The molecule has 2 aromatic carbocycles. The Morgan fingerprint density at radius 1 is 1.08 bits per heavy atom. The van der Waals surface area contributed by atoms with E-state index in [1.807, 2.05) is 18.2 Å². The molecule has 10 heteroatoms. The van der Waals surface area contributed by atoms with Gasteiger partial charge in [0.1, 0.15) is 35.4 Å². The monoisotopic (exact) mass is 540 g/mol. The number of nitrogens with zero attached hydrogens (tertiary/aromatic N) is 2. The molecule has 0 amide bonds. The van der Waals surface area contributed by atoms with Crippen molar-refractivity contribution in [1.82, 2.24) is 9.55 Å². The first kappa shape index (κ1) is 26.4. The summed E-state index contributed by atoms with van der Waals surface area (Å²) < 4.78 is 18.7. The fraction of sp³-hybridized carbons (Fsp3) is 0.259. The Labute approximate surface area is 222 Å². The summed E-state index contributed by atoms with van der Waals surface area (Å²) in [6, 6.07) is 14.4. The smallest absolute Gasteiger partial charge is 0.313 e. The molecular formula is C27H25ClN2O6S. The largest absolute Gasteiger partial charge is 0.493 e. The first-order valence-electron chi connectivity index (χ1n) is 11.4. The highest BCUT2D eigenvalue weighted by molar-refractivity contribution is 7.22. The molecule has 0 radical (unpaired) electrons. The molecule has 0 atom stereocenters. The summed E-state index contributed by atoms with van der Waals surface area (Å²) in [6.07, 6.45) is 1.19. The van der Waals surface area contributed by atoms with Gasteiger partial charge < -0.3 is 14.2 Å². The number of rotatable bonds is 9. The Morgan fingerprint density at radius 2 is 1.81 bits per heavy atom. The normalized spacial score (nSPS) is 11.4. The van der Waals surface area contributed by atoms with Crippen LogP contribution in [0.1, 0.15) is 27.2 Å². The van der Waals surface area contributed by atoms with Crippen molar-refractivity contribution < 1.29 is 23.8 Å². The molecular weight excluding hydrogens is 516 g/mol. The molecule has 0 aliphatic rings. The molecule has 4 rings (SSSR count). The summed E-state index contributed by atoms with van der Waals surface area (Å²) in [4.78, 5) is 41.7. The third-order valence-corrected chi connectivity index (χ3v) is 6.76. The maximum atomic E-state index is 13.3. The second kappa shape index (κ2) is 10.7. The van der Waals surface area contributed by atoms with Crippen LogP contribution >= 0.6 is 22.9 Å². The highest BCUT2D eigenvalue weighted by Gasteiger charge is 2.25. The molecule has 4 aromatic rings. The van der Waals surface area contributed by atoms with Gasteiger partial charge in [-0.05, 0) is 56.7 Å². The predicted molar refractivity (Wildman–Crippen MR) is 143 cm³/mol. The van der Waals surface area contributed by atoms with Crippen LogP contribution in [0, 0.1) is 0 Å². The van der Waals surface area contributed by atoms with Gasteiger partial charge in [0, 0.05) is 16.0 Å². The number of halogens is 1. The van der Waals surface area contributed by atoms with Crippen LogP contribution in [0.3, 0.4) is 0 Å². The van der Waals surface area contributed by atoms with Crippen molar-refractivity contribution in [3.05, 3.63) is 70.2 Å². The van der Waals surface area contributed by atoms with Gasteiger partial charge in [-0.15, -0.1) is 11.3 Å². The number of aromatic nitrogens is 2. The van der Waals surface area contributed by atoms with E-state index in [0.29, 0.717) is 32.4 Å². The van der Waals surface area contributed by atoms with Crippen molar-refractivity contribution in [1.29, 1.82) is 0 Å². The van der Waals surface area contributed by atoms with Gasteiger partial charge in [0.2, 0.25) is 0 Å². The molecule has 0 N–H and O–H groups in total. The maximum absolute atomic E-state index is 13.3. The van der Waals surface area contributed by atoms with Crippen LogP contribution in [0.15, 0.2) is 59.7 Å². The number of esters is 1. The van der Waals surface area contributed by atoms with Gasteiger partial charge in [-0.3, -0.25) is 19.0 Å². The molecule has 0 aliphatic heterocycles. The number of fused-ring (bicyclic) bond motifs is 1. The standard InChI is InChI=1S/C27H25ClN2O6S/c1-16(31)11-24(32)36-27(2,3)14-35-21-10-9-19(12-22(21)34-4)30-15-29-20-13-23(37-25(20)26(30)33)17-5-7-18(28)8-6-17/h5-10,12-13,15H,11,14H2,1-4H3. The van der Waals surface area contributed by atoms with Crippen molar-refractivity contribution in [3.63, 3.8) is 0 Å². The molecule has 2 aromatic heterocycles. The van der Waals surface area contributed by atoms with E-state index in [0.717, 1.165) is 10.4 Å². The van der Waals surface area contributed by atoms with E-state index in [2.05, 4.69) is 4.98 Å². The van der Waals surface area contributed by atoms with Crippen LogP contribution in [0.2, 0.25) is 5.02 Å². The minimum absolute atomic E-state index is 0.0302. The van der Waals surface area contributed by atoms with Gasteiger partial charge in [-0.25, -0.2) is 4.98 Å². The molecule has 192 valence electrons. The number of ether oxygens (including phenoxy) is 3. The lowest BCUT2D eigenvalue weighted by Gasteiger charge is -2.25. The van der Waals surface area contributed by atoms with E-state index >= 15 is 0 Å². The quantitative estimate of drug-likeness (QED) is 0.205. The summed E-state index contributed by atoms with van der Waals surface area (Å²) in [5, 5.41) is 0.643. The summed E-state index contributed by atoms with van der Waals surface area (Å²) in [7, 11) is 1.49. The van der Waals surface area contributed by atoms with Crippen molar-refractivity contribution in [3.8, 4) is 27.6 Å². The lowest BCUT2D eigenvalue weighted by molar-refractivity contribution is -0.160. The minimum Gasteiger partial charge on any atom is -0.493 e. The number of thiophene rings is 1. The van der Waals surface area contributed by atoms with E-state index in [4.69, 9.17) is 25.8 Å². The van der Waals surface area contributed by atoms with Gasteiger partial charge in [-0.1, -0.05) is 23.7 Å². The summed E-state index contributed by atoms with van der Waals surface area (Å²) in [5.74, 6) is -0.0855. The Bertz CT molecular complexity index is 1520. The predicted octanol–water partition coefficient (Wildman–Crippen LogP) is 5.46. The average molecular weight is 541 g/mol. The Morgan fingerprint density at radius 3 is 2.49 bits per heavy atom. The van der Waals surface area contributed by atoms with Crippen LogP contribution in [0.4, 0.5) is 0 Å². The molecule has 8 nitrogen and oxygen atoms in total. The minimum atomic E-state index is -0.969. The van der Waals surface area contributed by atoms with Gasteiger partial charge in [0.25, 0.3) is 5.56 Å². The highest BCUT2D eigenvalue weighted by atomic mass is 35.5. The fourth-order valence-electron chi connectivity index (χ4n) is 3.61. The van der Waals surface area contributed by atoms with E-state index in [1.165, 1.54) is 36.3 Å². The van der Waals surface area contributed by atoms with Crippen molar-refractivity contribution >= 4 is 44.9 Å². The Kier molecular flexibility index (Phi) is 7.65. The number of carbonyl (C=O) groups is 2. The van der Waals surface area contributed by atoms with E-state index < -0.39 is 11.6 Å². The lowest BCUT2D eigenvalue weighted by Crippen LogP contribution is -2.35.